The van der Waals surface area contributed by atoms with E-state index in [1.807, 2.05) is 12.1 Å². The van der Waals surface area contributed by atoms with Crippen molar-refractivity contribution in [2.75, 3.05) is 6.54 Å². The zero-order chi connectivity index (χ0) is 11.4. The lowest BCUT2D eigenvalue weighted by atomic mass is 9.83. The number of benzene rings is 1. The van der Waals surface area contributed by atoms with Gasteiger partial charge in [-0.25, -0.2) is 0 Å². The molecule has 0 radical (unpaired) electrons. The summed E-state index contributed by atoms with van der Waals surface area (Å²) in [6.07, 6.45) is 1.04. The van der Waals surface area contributed by atoms with Crippen molar-refractivity contribution in [2.24, 2.45) is 11.7 Å². The van der Waals surface area contributed by atoms with Crippen molar-refractivity contribution in [2.45, 2.75) is 33.1 Å². The molecule has 0 aliphatic rings. The lowest BCUT2D eigenvalue weighted by Gasteiger charge is -2.22. The number of hydrogen-bond acceptors (Lipinski definition) is 1. The van der Waals surface area contributed by atoms with Crippen LogP contribution in [0.15, 0.2) is 18.2 Å². The van der Waals surface area contributed by atoms with Gasteiger partial charge in [0.25, 0.3) is 0 Å². The molecule has 0 aromatic heterocycles. The largest absolute Gasteiger partial charge is 0.330 e. The van der Waals surface area contributed by atoms with E-state index < -0.39 is 0 Å². The lowest BCUT2D eigenvalue weighted by molar-refractivity contribution is 0.471. The zero-order valence-corrected chi connectivity index (χ0v) is 10.5. The molecule has 0 aliphatic carbocycles. The molecule has 2 N–H and O–H groups in total. The van der Waals surface area contributed by atoms with Gasteiger partial charge in [0.15, 0.2) is 0 Å². The van der Waals surface area contributed by atoms with Gasteiger partial charge in [-0.2, -0.15) is 0 Å². The van der Waals surface area contributed by atoms with Crippen molar-refractivity contribution in [1.29, 1.82) is 0 Å². The Hall–Kier alpha value is -0.530. The smallest absolute Gasteiger partial charge is 0.0408 e. The number of rotatable bonds is 4. The average molecular weight is 226 g/mol. The molecule has 0 bridgehead atoms. The van der Waals surface area contributed by atoms with Gasteiger partial charge in [0.05, 0.1) is 0 Å². The molecule has 2 heteroatoms. The first-order valence-corrected chi connectivity index (χ1v) is 5.90. The van der Waals surface area contributed by atoms with Gasteiger partial charge < -0.3 is 5.73 Å². The Morgan fingerprint density at radius 2 is 2.00 bits per heavy atom. The second-order valence-corrected chi connectivity index (χ2v) is 4.87. The van der Waals surface area contributed by atoms with Gasteiger partial charge in [0.1, 0.15) is 0 Å². The van der Waals surface area contributed by atoms with E-state index in [0.717, 1.165) is 18.0 Å². The van der Waals surface area contributed by atoms with E-state index in [-0.39, 0.29) is 0 Å². The minimum Gasteiger partial charge on any atom is -0.330 e. The van der Waals surface area contributed by atoms with Crippen molar-refractivity contribution in [3.63, 3.8) is 0 Å². The summed E-state index contributed by atoms with van der Waals surface area (Å²) in [6, 6.07) is 6.14. The molecule has 1 nitrogen and oxygen atoms in total. The monoisotopic (exact) mass is 225 g/mol. The number of nitrogens with two attached hydrogens (primary N) is 1. The molecule has 0 aliphatic heterocycles. The van der Waals surface area contributed by atoms with E-state index in [2.05, 4.69) is 26.8 Å². The molecule has 15 heavy (non-hydrogen) atoms. The predicted molar refractivity (Wildman–Crippen MR) is 67.4 cm³/mol. The van der Waals surface area contributed by atoms with Crippen LogP contribution in [0.4, 0.5) is 0 Å². The van der Waals surface area contributed by atoms with Crippen LogP contribution in [0.5, 0.6) is 0 Å². The number of halogens is 1. The third kappa shape index (κ3) is 3.22. The van der Waals surface area contributed by atoms with Crippen LogP contribution >= 0.6 is 11.6 Å². The van der Waals surface area contributed by atoms with Gasteiger partial charge in [-0.3, -0.25) is 0 Å². The Labute approximate surface area is 97.6 Å². The van der Waals surface area contributed by atoms with Crippen molar-refractivity contribution >= 4 is 11.6 Å². The molecule has 1 aromatic carbocycles. The van der Waals surface area contributed by atoms with Crippen LogP contribution in [0.3, 0.4) is 0 Å². The van der Waals surface area contributed by atoms with Gasteiger partial charge in [-0.05, 0) is 55.0 Å². The standard InChI is InChI=1S/C13H20ClN/c1-9(2)12(6-7-15)13-5-4-11(14)8-10(13)3/h4-5,8-9,12H,6-7,15H2,1-3H3. The maximum Gasteiger partial charge on any atom is 0.0408 e. The molecule has 0 heterocycles. The Morgan fingerprint density at radius 1 is 1.33 bits per heavy atom. The summed E-state index contributed by atoms with van der Waals surface area (Å²) in [4.78, 5) is 0. The topological polar surface area (TPSA) is 26.0 Å². The van der Waals surface area contributed by atoms with Gasteiger partial charge in [-0.15, -0.1) is 0 Å². The third-order valence-corrected chi connectivity index (χ3v) is 3.15. The van der Waals surface area contributed by atoms with Crippen LogP contribution in [-0.2, 0) is 0 Å². The van der Waals surface area contributed by atoms with Gasteiger partial charge >= 0.3 is 0 Å². The highest BCUT2D eigenvalue weighted by molar-refractivity contribution is 6.30. The molecule has 1 rings (SSSR count). The van der Waals surface area contributed by atoms with Crippen LogP contribution < -0.4 is 5.73 Å². The van der Waals surface area contributed by atoms with Gasteiger partial charge in [0.2, 0.25) is 0 Å². The zero-order valence-electron chi connectivity index (χ0n) is 9.76. The quantitative estimate of drug-likeness (QED) is 0.830. The maximum atomic E-state index is 5.95. The molecule has 84 valence electrons. The highest BCUT2D eigenvalue weighted by Crippen LogP contribution is 2.31. The van der Waals surface area contributed by atoms with Crippen molar-refractivity contribution in [3.05, 3.63) is 34.3 Å². The summed E-state index contributed by atoms with van der Waals surface area (Å²) in [5.74, 6) is 1.17. The Balaban J connectivity index is 3.00. The highest BCUT2D eigenvalue weighted by Gasteiger charge is 2.16. The van der Waals surface area contributed by atoms with Crippen LogP contribution in [0, 0.1) is 12.8 Å². The van der Waals surface area contributed by atoms with E-state index >= 15 is 0 Å². The fourth-order valence-electron chi connectivity index (χ4n) is 2.08. The molecule has 1 atom stereocenters. The van der Waals surface area contributed by atoms with E-state index in [0.29, 0.717) is 11.8 Å². The van der Waals surface area contributed by atoms with E-state index in [1.54, 1.807) is 0 Å². The molecule has 1 aromatic rings. The average Bonchev–Trinajstić information content (AvgIpc) is 2.15. The third-order valence-electron chi connectivity index (χ3n) is 2.91. The van der Waals surface area contributed by atoms with Crippen LogP contribution in [-0.4, -0.2) is 6.54 Å². The molecule has 0 saturated heterocycles. The lowest BCUT2D eigenvalue weighted by Crippen LogP contribution is -2.13. The van der Waals surface area contributed by atoms with E-state index in [4.69, 9.17) is 17.3 Å². The fourth-order valence-corrected chi connectivity index (χ4v) is 2.31. The first-order chi connectivity index (χ1) is 7.06. The summed E-state index contributed by atoms with van der Waals surface area (Å²) in [5.41, 5.74) is 8.32. The summed E-state index contributed by atoms with van der Waals surface area (Å²) < 4.78 is 0. The molecule has 0 spiro atoms. The molecule has 1 unspecified atom stereocenters. The van der Waals surface area contributed by atoms with Crippen molar-refractivity contribution < 1.29 is 0 Å². The number of hydrogen-bond donors (Lipinski definition) is 1. The summed E-state index contributed by atoms with van der Waals surface area (Å²) in [7, 11) is 0. The molecule has 0 fully saturated rings. The Bertz CT molecular complexity index is 320. The van der Waals surface area contributed by atoms with E-state index in [9.17, 15) is 0 Å². The van der Waals surface area contributed by atoms with Gasteiger partial charge in [-0.1, -0.05) is 31.5 Å². The molecular formula is C13H20ClN. The molecule has 0 saturated carbocycles. The normalized spacial score (nSPS) is 13.2. The van der Waals surface area contributed by atoms with Crippen LogP contribution in [0.1, 0.15) is 37.3 Å². The summed E-state index contributed by atoms with van der Waals surface area (Å²) in [5, 5.41) is 0.812. The summed E-state index contributed by atoms with van der Waals surface area (Å²) >= 11 is 5.95. The van der Waals surface area contributed by atoms with Crippen molar-refractivity contribution in [1.82, 2.24) is 0 Å². The minimum absolute atomic E-state index is 0.548. The van der Waals surface area contributed by atoms with Gasteiger partial charge in [0, 0.05) is 5.02 Å². The summed E-state index contributed by atoms with van der Waals surface area (Å²) in [6.45, 7) is 7.35. The SMILES string of the molecule is Cc1cc(Cl)ccc1C(CCN)C(C)C. The fraction of sp³-hybridized carbons (Fsp3) is 0.538. The Morgan fingerprint density at radius 3 is 2.47 bits per heavy atom. The maximum absolute atomic E-state index is 5.95. The Kier molecular flexibility index (Phi) is 4.62. The number of aryl methyl sites for hydroxylation is 1. The van der Waals surface area contributed by atoms with Crippen LogP contribution in [0.2, 0.25) is 5.02 Å². The first-order valence-electron chi connectivity index (χ1n) is 5.52. The van der Waals surface area contributed by atoms with Crippen molar-refractivity contribution in [3.8, 4) is 0 Å². The molecule has 0 amide bonds. The highest BCUT2D eigenvalue weighted by atomic mass is 35.5. The van der Waals surface area contributed by atoms with Crippen LogP contribution in [0.25, 0.3) is 0 Å². The first kappa shape index (κ1) is 12.5. The predicted octanol–water partition coefficient (Wildman–Crippen LogP) is 3.74. The second-order valence-electron chi connectivity index (χ2n) is 4.43. The molecular weight excluding hydrogens is 206 g/mol. The minimum atomic E-state index is 0.548. The van der Waals surface area contributed by atoms with E-state index in [1.165, 1.54) is 11.1 Å². The second kappa shape index (κ2) is 5.53.